The van der Waals surface area contributed by atoms with Gasteiger partial charge in [-0.3, -0.25) is 0 Å². The number of rotatable bonds is 4. The van der Waals surface area contributed by atoms with E-state index in [-0.39, 0.29) is 0 Å². The van der Waals surface area contributed by atoms with Gasteiger partial charge in [-0.1, -0.05) is 18.2 Å². The van der Waals surface area contributed by atoms with Crippen LogP contribution >= 0.6 is 0 Å². The van der Waals surface area contributed by atoms with Gasteiger partial charge in [0.25, 0.3) is 0 Å². The zero-order valence-corrected chi connectivity index (χ0v) is 11.4. The van der Waals surface area contributed by atoms with Crippen LogP contribution < -0.4 is 10.1 Å². The molecule has 20 heavy (non-hydrogen) atoms. The Hall–Kier alpha value is -1.81. The lowest BCUT2D eigenvalue weighted by Crippen LogP contribution is -2.20. The quantitative estimate of drug-likeness (QED) is 0.896. The third kappa shape index (κ3) is 2.43. The molecule has 4 rings (SSSR count). The average molecular weight is 269 g/mol. The van der Waals surface area contributed by atoms with Gasteiger partial charge in [-0.2, -0.15) is 0 Å². The van der Waals surface area contributed by atoms with Crippen LogP contribution in [0.25, 0.3) is 0 Å². The monoisotopic (exact) mass is 269 g/mol. The van der Waals surface area contributed by atoms with Crippen LogP contribution in [0, 0.1) is 0 Å². The van der Waals surface area contributed by atoms with Crippen molar-refractivity contribution in [3.8, 4) is 5.75 Å². The third-order valence-corrected chi connectivity index (χ3v) is 4.07. The summed E-state index contributed by atoms with van der Waals surface area (Å²) in [7, 11) is 0. The zero-order chi connectivity index (χ0) is 13.4. The van der Waals surface area contributed by atoms with Gasteiger partial charge >= 0.3 is 0 Å². The number of para-hydroxylation sites is 1. The Morgan fingerprint density at radius 1 is 1.30 bits per heavy atom. The largest absolute Gasteiger partial charge is 0.493 e. The van der Waals surface area contributed by atoms with Crippen molar-refractivity contribution < 1.29 is 4.74 Å². The second kappa shape index (κ2) is 4.94. The minimum atomic E-state index is 0.333. The van der Waals surface area contributed by atoms with Gasteiger partial charge in [-0.15, -0.1) is 0 Å². The summed E-state index contributed by atoms with van der Waals surface area (Å²) in [5.74, 6) is 2.40. The predicted octanol–water partition coefficient (Wildman–Crippen LogP) is 2.38. The maximum Gasteiger partial charge on any atom is 0.122 e. The maximum atomic E-state index is 5.83. The fraction of sp³-hybridized carbons (Fsp3) is 0.438. The van der Waals surface area contributed by atoms with Crippen LogP contribution in [-0.4, -0.2) is 22.6 Å². The number of hydrogen-bond donors (Lipinski definition) is 2. The van der Waals surface area contributed by atoms with Crippen molar-refractivity contribution in [2.45, 2.75) is 37.8 Å². The lowest BCUT2D eigenvalue weighted by molar-refractivity contribution is 0.258. The van der Waals surface area contributed by atoms with Gasteiger partial charge in [0, 0.05) is 24.5 Å². The minimum Gasteiger partial charge on any atom is -0.493 e. The Balaban J connectivity index is 1.45. The van der Waals surface area contributed by atoms with Gasteiger partial charge in [-0.25, -0.2) is 4.98 Å². The van der Waals surface area contributed by atoms with Gasteiger partial charge in [0.2, 0.25) is 0 Å². The first-order valence-electron chi connectivity index (χ1n) is 7.36. The standard InChI is InChI=1S/C16H19N3O/c1-2-4-15-11(3-1)7-12(10-20-15)16-18-9-14(19-16)8-17-13-5-6-13/h1-4,9,12-13,17H,5-8,10H2,(H,18,19). The highest BCUT2D eigenvalue weighted by atomic mass is 16.5. The van der Waals surface area contributed by atoms with Crippen molar-refractivity contribution in [3.63, 3.8) is 0 Å². The van der Waals surface area contributed by atoms with E-state index in [0.717, 1.165) is 30.6 Å². The molecule has 1 aliphatic carbocycles. The molecule has 4 heteroatoms. The van der Waals surface area contributed by atoms with E-state index in [4.69, 9.17) is 4.74 Å². The van der Waals surface area contributed by atoms with Gasteiger partial charge in [0.15, 0.2) is 0 Å². The summed E-state index contributed by atoms with van der Waals surface area (Å²) in [6.45, 7) is 1.60. The smallest absolute Gasteiger partial charge is 0.122 e. The van der Waals surface area contributed by atoms with Crippen molar-refractivity contribution in [1.82, 2.24) is 15.3 Å². The summed E-state index contributed by atoms with van der Waals surface area (Å²) >= 11 is 0. The Bertz CT molecular complexity index is 603. The number of benzene rings is 1. The van der Waals surface area contributed by atoms with E-state index < -0.39 is 0 Å². The minimum absolute atomic E-state index is 0.333. The van der Waals surface area contributed by atoms with Crippen LogP contribution in [-0.2, 0) is 13.0 Å². The fourth-order valence-electron chi connectivity index (χ4n) is 2.72. The Morgan fingerprint density at radius 2 is 2.20 bits per heavy atom. The number of aromatic nitrogens is 2. The number of imidazole rings is 1. The van der Waals surface area contributed by atoms with Crippen molar-refractivity contribution in [2.75, 3.05) is 6.61 Å². The normalized spacial score (nSPS) is 21.3. The highest BCUT2D eigenvalue weighted by Gasteiger charge is 2.24. The first kappa shape index (κ1) is 12.0. The SMILES string of the molecule is c1ccc2c(c1)CC(c1ncc(CNC3CC3)[nH]1)CO2. The number of aromatic amines is 1. The molecule has 1 unspecified atom stereocenters. The van der Waals surface area contributed by atoms with E-state index in [1.807, 2.05) is 18.3 Å². The maximum absolute atomic E-state index is 5.83. The highest BCUT2D eigenvalue weighted by molar-refractivity contribution is 5.36. The molecule has 0 bridgehead atoms. The second-order valence-corrected chi connectivity index (χ2v) is 5.77. The number of H-pyrrole nitrogens is 1. The molecule has 0 spiro atoms. The van der Waals surface area contributed by atoms with E-state index in [9.17, 15) is 0 Å². The van der Waals surface area contributed by atoms with E-state index in [1.165, 1.54) is 24.1 Å². The summed E-state index contributed by atoms with van der Waals surface area (Å²) < 4.78 is 5.83. The molecule has 1 aliphatic heterocycles. The first-order chi connectivity index (χ1) is 9.88. The molecule has 0 amide bonds. The molecule has 1 saturated carbocycles. The van der Waals surface area contributed by atoms with Crippen LogP contribution in [0.2, 0.25) is 0 Å². The van der Waals surface area contributed by atoms with Crippen LogP contribution in [0.15, 0.2) is 30.5 Å². The Labute approximate surface area is 118 Å². The molecule has 1 fully saturated rings. The Morgan fingerprint density at radius 3 is 3.10 bits per heavy atom. The molecule has 0 saturated heterocycles. The molecule has 104 valence electrons. The van der Waals surface area contributed by atoms with E-state index in [2.05, 4.69) is 27.4 Å². The summed E-state index contributed by atoms with van der Waals surface area (Å²) in [5, 5.41) is 3.50. The summed E-state index contributed by atoms with van der Waals surface area (Å²) in [5.41, 5.74) is 2.45. The molecule has 4 nitrogen and oxygen atoms in total. The van der Waals surface area contributed by atoms with Gasteiger partial charge in [-0.05, 0) is 30.9 Å². The number of nitrogens with zero attached hydrogens (tertiary/aromatic N) is 1. The molecule has 1 aromatic carbocycles. The molecule has 2 aromatic rings. The van der Waals surface area contributed by atoms with Crippen molar-refractivity contribution in [1.29, 1.82) is 0 Å². The van der Waals surface area contributed by atoms with Gasteiger partial charge < -0.3 is 15.0 Å². The molecule has 2 heterocycles. The van der Waals surface area contributed by atoms with E-state index in [1.54, 1.807) is 0 Å². The van der Waals surface area contributed by atoms with Gasteiger partial charge in [0.05, 0.1) is 12.5 Å². The van der Waals surface area contributed by atoms with E-state index >= 15 is 0 Å². The molecular weight excluding hydrogens is 250 g/mol. The highest BCUT2D eigenvalue weighted by Crippen LogP contribution is 2.31. The van der Waals surface area contributed by atoms with Crippen LogP contribution in [0.3, 0.4) is 0 Å². The summed E-state index contributed by atoms with van der Waals surface area (Å²) in [6, 6.07) is 9.00. The average Bonchev–Trinajstić information content (AvgIpc) is 3.21. The van der Waals surface area contributed by atoms with Crippen molar-refractivity contribution in [2.24, 2.45) is 0 Å². The lowest BCUT2D eigenvalue weighted by atomic mass is 9.96. The second-order valence-electron chi connectivity index (χ2n) is 5.77. The van der Waals surface area contributed by atoms with Crippen LogP contribution in [0.1, 0.15) is 35.8 Å². The molecule has 0 radical (unpaired) electrons. The first-order valence-corrected chi connectivity index (χ1v) is 7.36. The zero-order valence-electron chi connectivity index (χ0n) is 11.4. The molecule has 2 aliphatic rings. The fourth-order valence-corrected chi connectivity index (χ4v) is 2.72. The number of nitrogens with one attached hydrogen (secondary N) is 2. The van der Waals surface area contributed by atoms with Crippen molar-refractivity contribution >= 4 is 0 Å². The number of fused-ring (bicyclic) bond motifs is 1. The predicted molar refractivity (Wildman–Crippen MR) is 76.8 cm³/mol. The lowest BCUT2D eigenvalue weighted by Gasteiger charge is -2.23. The summed E-state index contributed by atoms with van der Waals surface area (Å²) in [4.78, 5) is 7.98. The van der Waals surface area contributed by atoms with Crippen molar-refractivity contribution in [3.05, 3.63) is 47.5 Å². The summed E-state index contributed by atoms with van der Waals surface area (Å²) in [6.07, 6.45) is 5.58. The molecule has 1 aromatic heterocycles. The Kier molecular flexibility index (Phi) is 2.96. The van der Waals surface area contributed by atoms with Gasteiger partial charge in [0.1, 0.15) is 11.6 Å². The molecular formula is C16H19N3O. The third-order valence-electron chi connectivity index (χ3n) is 4.07. The van der Waals surface area contributed by atoms with E-state index in [0.29, 0.717) is 12.5 Å². The topological polar surface area (TPSA) is 49.9 Å². The molecule has 1 atom stereocenters. The number of hydrogen-bond acceptors (Lipinski definition) is 3. The number of ether oxygens (including phenoxy) is 1. The van der Waals surface area contributed by atoms with Crippen LogP contribution in [0.5, 0.6) is 5.75 Å². The van der Waals surface area contributed by atoms with Crippen LogP contribution in [0.4, 0.5) is 0 Å². The molecule has 2 N–H and O–H groups in total.